The highest BCUT2D eigenvalue weighted by Gasteiger charge is 2.07. The number of nitrogens with zero attached hydrogens (tertiary/aromatic N) is 1. The third-order valence-corrected chi connectivity index (χ3v) is 3.17. The summed E-state index contributed by atoms with van der Waals surface area (Å²) in [5, 5.41) is 17.6. The lowest BCUT2D eigenvalue weighted by molar-refractivity contribution is -0.132. The minimum atomic E-state index is -1.24. The van der Waals surface area contributed by atoms with Crippen LogP contribution in [0, 0.1) is 25.2 Å². The van der Waals surface area contributed by atoms with Crippen LogP contribution in [0.4, 0.5) is 0 Å². The van der Waals surface area contributed by atoms with E-state index in [2.05, 4.69) is 0 Å². The van der Waals surface area contributed by atoms with E-state index in [1.54, 1.807) is 30.3 Å². The van der Waals surface area contributed by atoms with Crippen LogP contribution in [-0.2, 0) is 4.79 Å². The van der Waals surface area contributed by atoms with Crippen molar-refractivity contribution in [2.45, 2.75) is 13.8 Å². The van der Waals surface area contributed by atoms with Gasteiger partial charge in [0, 0.05) is 0 Å². The first-order valence-corrected chi connectivity index (χ1v) is 6.70. The number of rotatable bonds is 4. The van der Waals surface area contributed by atoms with Gasteiger partial charge in [-0.05, 0) is 48.7 Å². The van der Waals surface area contributed by atoms with Crippen LogP contribution in [0.5, 0.6) is 11.5 Å². The smallest absolute Gasteiger partial charge is 0.346 e. The van der Waals surface area contributed by atoms with Crippen molar-refractivity contribution < 1.29 is 14.6 Å². The van der Waals surface area contributed by atoms with Crippen molar-refractivity contribution in [3.05, 3.63) is 64.7 Å². The van der Waals surface area contributed by atoms with Gasteiger partial charge >= 0.3 is 5.97 Å². The number of carboxylic acids is 1. The van der Waals surface area contributed by atoms with Gasteiger partial charge < -0.3 is 9.84 Å². The Labute approximate surface area is 128 Å². The number of aryl methyl sites for hydroxylation is 2. The Morgan fingerprint density at radius 1 is 1.14 bits per heavy atom. The average Bonchev–Trinajstić information content (AvgIpc) is 2.49. The molecular formula is C18H15NO3. The van der Waals surface area contributed by atoms with Crippen molar-refractivity contribution >= 4 is 12.0 Å². The quantitative estimate of drug-likeness (QED) is 0.681. The lowest BCUT2D eigenvalue weighted by Gasteiger charge is -2.11. The second-order valence-corrected chi connectivity index (χ2v) is 4.87. The van der Waals surface area contributed by atoms with Crippen molar-refractivity contribution in [2.75, 3.05) is 0 Å². The Morgan fingerprint density at radius 3 is 2.23 bits per heavy atom. The van der Waals surface area contributed by atoms with E-state index in [0.29, 0.717) is 11.3 Å². The fourth-order valence-corrected chi connectivity index (χ4v) is 2.02. The molecule has 2 aromatic rings. The van der Waals surface area contributed by atoms with Gasteiger partial charge in [0.2, 0.25) is 0 Å². The summed E-state index contributed by atoms with van der Waals surface area (Å²) >= 11 is 0. The number of hydrogen-bond donors (Lipinski definition) is 1. The molecule has 0 amide bonds. The number of carbonyl (C=O) groups is 1. The van der Waals surface area contributed by atoms with Crippen LogP contribution in [0.2, 0.25) is 0 Å². The predicted octanol–water partition coefficient (Wildman–Crippen LogP) is 4.09. The topological polar surface area (TPSA) is 70.3 Å². The van der Waals surface area contributed by atoms with Crippen LogP contribution in [0.25, 0.3) is 6.08 Å². The summed E-state index contributed by atoms with van der Waals surface area (Å²) < 4.78 is 5.87. The molecule has 0 aliphatic heterocycles. The first-order valence-electron chi connectivity index (χ1n) is 6.70. The van der Waals surface area contributed by atoms with E-state index in [4.69, 9.17) is 15.1 Å². The van der Waals surface area contributed by atoms with Gasteiger partial charge in [-0.1, -0.05) is 30.3 Å². The van der Waals surface area contributed by atoms with Gasteiger partial charge in [-0.2, -0.15) is 5.26 Å². The molecule has 0 bridgehead atoms. The van der Waals surface area contributed by atoms with E-state index in [9.17, 15) is 4.79 Å². The summed E-state index contributed by atoms with van der Waals surface area (Å²) in [6, 6.07) is 14.5. The maximum Gasteiger partial charge on any atom is 0.346 e. The summed E-state index contributed by atoms with van der Waals surface area (Å²) in [6.07, 6.45) is 1.32. The second-order valence-electron chi connectivity index (χ2n) is 4.87. The normalized spacial score (nSPS) is 10.9. The largest absolute Gasteiger partial charge is 0.477 e. The number of carboxylic acid groups (broad SMARTS) is 1. The molecule has 0 fully saturated rings. The van der Waals surface area contributed by atoms with Crippen molar-refractivity contribution in [3.8, 4) is 17.6 Å². The predicted molar refractivity (Wildman–Crippen MR) is 83.7 cm³/mol. The molecule has 2 aromatic carbocycles. The fraction of sp³-hybridized carbons (Fsp3) is 0.111. The molecule has 0 aromatic heterocycles. The molecule has 0 saturated heterocycles. The van der Waals surface area contributed by atoms with Crippen LogP contribution in [0.1, 0.15) is 16.7 Å². The molecule has 0 aliphatic carbocycles. The van der Waals surface area contributed by atoms with Crippen LogP contribution in [-0.4, -0.2) is 11.1 Å². The van der Waals surface area contributed by atoms with Gasteiger partial charge in [0.25, 0.3) is 0 Å². The molecule has 0 saturated carbocycles. The molecule has 22 heavy (non-hydrogen) atoms. The van der Waals surface area contributed by atoms with Crippen molar-refractivity contribution in [3.63, 3.8) is 0 Å². The molecule has 4 nitrogen and oxygen atoms in total. The maximum absolute atomic E-state index is 10.8. The van der Waals surface area contributed by atoms with Gasteiger partial charge in [-0.15, -0.1) is 0 Å². The van der Waals surface area contributed by atoms with Gasteiger partial charge in [0.15, 0.2) is 0 Å². The van der Waals surface area contributed by atoms with Gasteiger partial charge in [-0.25, -0.2) is 4.79 Å². The van der Waals surface area contributed by atoms with Gasteiger partial charge in [0.1, 0.15) is 23.1 Å². The van der Waals surface area contributed by atoms with E-state index in [1.165, 1.54) is 6.08 Å². The number of nitriles is 1. The lowest BCUT2D eigenvalue weighted by Crippen LogP contribution is -1.97. The summed E-state index contributed by atoms with van der Waals surface area (Å²) in [7, 11) is 0. The molecule has 0 atom stereocenters. The standard InChI is InChI=1S/C18H15NO3/c1-12-4-3-5-13(2)17(12)22-16-8-6-14(7-9-16)10-15(11-19)18(20)21/h3-10H,1-2H3,(H,20,21). The molecule has 0 heterocycles. The minimum Gasteiger partial charge on any atom is -0.477 e. The molecule has 0 unspecified atom stereocenters. The Hall–Kier alpha value is -3.06. The third-order valence-electron chi connectivity index (χ3n) is 3.17. The first-order chi connectivity index (χ1) is 10.5. The zero-order chi connectivity index (χ0) is 16.1. The van der Waals surface area contributed by atoms with E-state index < -0.39 is 5.97 Å². The molecule has 2 rings (SSSR count). The Balaban J connectivity index is 2.23. The molecular weight excluding hydrogens is 278 g/mol. The van der Waals surface area contributed by atoms with Gasteiger partial charge in [0.05, 0.1) is 0 Å². The Kier molecular flexibility index (Phi) is 4.60. The van der Waals surface area contributed by atoms with Crippen molar-refractivity contribution in [2.24, 2.45) is 0 Å². The summed E-state index contributed by atoms with van der Waals surface area (Å²) in [5.41, 5.74) is 2.42. The SMILES string of the molecule is Cc1cccc(C)c1Oc1ccc(C=C(C#N)C(=O)O)cc1. The Bertz CT molecular complexity index is 748. The highest BCUT2D eigenvalue weighted by Crippen LogP contribution is 2.28. The average molecular weight is 293 g/mol. The molecule has 0 aliphatic rings. The number of benzene rings is 2. The second kappa shape index (κ2) is 6.59. The zero-order valence-corrected chi connectivity index (χ0v) is 12.3. The van der Waals surface area contributed by atoms with Crippen molar-refractivity contribution in [1.82, 2.24) is 0 Å². The van der Waals surface area contributed by atoms with Crippen LogP contribution >= 0.6 is 0 Å². The van der Waals surface area contributed by atoms with Crippen LogP contribution < -0.4 is 4.74 Å². The first kappa shape index (κ1) is 15.3. The van der Waals surface area contributed by atoms with Gasteiger partial charge in [-0.3, -0.25) is 0 Å². The summed E-state index contributed by atoms with van der Waals surface area (Å²) in [6.45, 7) is 3.96. The summed E-state index contributed by atoms with van der Waals surface area (Å²) in [5.74, 6) is 0.232. The monoisotopic (exact) mass is 293 g/mol. The third kappa shape index (κ3) is 3.53. The number of aliphatic carboxylic acids is 1. The number of hydrogen-bond acceptors (Lipinski definition) is 3. The highest BCUT2D eigenvalue weighted by atomic mass is 16.5. The minimum absolute atomic E-state index is 0.302. The maximum atomic E-state index is 10.8. The molecule has 4 heteroatoms. The van der Waals surface area contributed by atoms with E-state index in [1.807, 2.05) is 32.0 Å². The summed E-state index contributed by atoms with van der Waals surface area (Å²) in [4.78, 5) is 10.8. The fourth-order valence-electron chi connectivity index (χ4n) is 2.02. The molecule has 1 N–H and O–H groups in total. The highest BCUT2D eigenvalue weighted by molar-refractivity contribution is 5.96. The lowest BCUT2D eigenvalue weighted by atomic mass is 10.1. The van der Waals surface area contributed by atoms with E-state index in [0.717, 1.165) is 16.9 Å². The van der Waals surface area contributed by atoms with Crippen LogP contribution in [0.15, 0.2) is 48.0 Å². The molecule has 0 radical (unpaired) electrons. The van der Waals surface area contributed by atoms with E-state index in [-0.39, 0.29) is 5.57 Å². The van der Waals surface area contributed by atoms with Crippen LogP contribution in [0.3, 0.4) is 0 Å². The van der Waals surface area contributed by atoms with Crippen molar-refractivity contribution in [1.29, 1.82) is 5.26 Å². The zero-order valence-electron chi connectivity index (χ0n) is 12.3. The number of ether oxygens (including phenoxy) is 1. The molecule has 0 spiro atoms. The Morgan fingerprint density at radius 2 is 1.73 bits per heavy atom. The van der Waals surface area contributed by atoms with E-state index >= 15 is 0 Å². The molecule has 110 valence electrons. The number of para-hydroxylation sites is 1.